The van der Waals surface area contributed by atoms with E-state index in [9.17, 15) is 14.0 Å². The van der Waals surface area contributed by atoms with E-state index in [4.69, 9.17) is 0 Å². The molecule has 0 heterocycles. The van der Waals surface area contributed by atoms with E-state index in [0.717, 1.165) is 12.0 Å². The molecule has 5 nitrogen and oxygen atoms in total. The number of hydrogen-bond acceptors (Lipinski definition) is 2. The van der Waals surface area contributed by atoms with E-state index in [2.05, 4.69) is 16.0 Å². The summed E-state index contributed by atoms with van der Waals surface area (Å²) in [6, 6.07) is 3.72. The summed E-state index contributed by atoms with van der Waals surface area (Å²) in [6.07, 6.45) is 2.10. The first kappa shape index (κ1) is 17.2. The summed E-state index contributed by atoms with van der Waals surface area (Å²) in [4.78, 5) is 24.0. The van der Waals surface area contributed by atoms with Crippen molar-refractivity contribution in [2.75, 3.05) is 0 Å². The molecule has 3 amide bonds. The average Bonchev–Trinajstić information content (AvgIpc) is 2.91. The third kappa shape index (κ3) is 4.21. The topological polar surface area (TPSA) is 70.2 Å². The van der Waals surface area contributed by atoms with Gasteiger partial charge < -0.3 is 16.0 Å². The summed E-state index contributed by atoms with van der Waals surface area (Å²) in [5, 5.41) is 8.26. The molecule has 0 spiro atoms. The van der Waals surface area contributed by atoms with Crippen molar-refractivity contribution in [2.45, 2.75) is 58.2 Å². The largest absolute Gasteiger partial charge is 0.352 e. The number of amides is 3. The van der Waals surface area contributed by atoms with Crippen LogP contribution >= 0.6 is 0 Å². The number of benzene rings is 1. The Labute approximate surface area is 136 Å². The first-order valence-electron chi connectivity index (χ1n) is 8.07. The average molecular weight is 321 g/mol. The highest BCUT2D eigenvalue weighted by Gasteiger charge is 2.27. The van der Waals surface area contributed by atoms with Gasteiger partial charge in [-0.3, -0.25) is 4.79 Å². The van der Waals surface area contributed by atoms with Gasteiger partial charge in [-0.2, -0.15) is 0 Å². The molecular formula is C17H24FN3O2. The van der Waals surface area contributed by atoms with E-state index in [1.54, 1.807) is 13.0 Å². The maximum Gasteiger partial charge on any atom is 0.315 e. The fourth-order valence-electron chi connectivity index (χ4n) is 2.69. The first-order chi connectivity index (χ1) is 10.9. The molecule has 0 radical (unpaired) electrons. The summed E-state index contributed by atoms with van der Waals surface area (Å²) in [5.74, 6) is -0.444. The van der Waals surface area contributed by atoms with Gasteiger partial charge in [0.25, 0.3) is 0 Å². The van der Waals surface area contributed by atoms with Crippen LogP contribution in [0.1, 0.15) is 50.8 Å². The molecule has 0 aromatic heterocycles. The Morgan fingerprint density at radius 3 is 2.74 bits per heavy atom. The Balaban J connectivity index is 1.89. The van der Waals surface area contributed by atoms with Crippen LogP contribution in [0.4, 0.5) is 9.18 Å². The molecule has 3 N–H and O–H groups in total. The van der Waals surface area contributed by atoms with Crippen molar-refractivity contribution < 1.29 is 14.0 Å². The molecule has 1 aliphatic rings. The van der Waals surface area contributed by atoms with Crippen LogP contribution in [0.5, 0.6) is 0 Å². The highest BCUT2D eigenvalue weighted by atomic mass is 19.1. The zero-order valence-electron chi connectivity index (χ0n) is 13.8. The molecule has 0 unspecified atom stereocenters. The Bertz CT molecular complexity index is 591. The van der Waals surface area contributed by atoms with Crippen molar-refractivity contribution in [1.82, 2.24) is 16.0 Å². The molecule has 1 aromatic rings. The van der Waals surface area contributed by atoms with E-state index in [1.807, 2.05) is 19.9 Å². The Kier molecular flexibility index (Phi) is 5.58. The molecule has 3 atom stereocenters. The smallest absolute Gasteiger partial charge is 0.315 e. The SMILES string of the molecule is CC[C@H](C)NC(=O)[C@H](C)NC(=O)N[C@H]1CCc2c(F)cccc21. The zero-order valence-corrected chi connectivity index (χ0v) is 13.8. The number of halogens is 1. The van der Waals surface area contributed by atoms with Crippen LogP contribution in [0, 0.1) is 5.82 Å². The Morgan fingerprint density at radius 1 is 1.30 bits per heavy atom. The molecule has 1 aliphatic carbocycles. The minimum Gasteiger partial charge on any atom is -0.352 e. The zero-order chi connectivity index (χ0) is 17.0. The van der Waals surface area contributed by atoms with E-state index in [0.29, 0.717) is 18.4 Å². The van der Waals surface area contributed by atoms with Crippen LogP contribution in [0.3, 0.4) is 0 Å². The van der Waals surface area contributed by atoms with Crippen LogP contribution in [0.15, 0.2) is 18.2 Å². The molecule has 0 aliphatic heterocycles. The van der Waals surface area contributed by atoms with E-state index < -0.39 is 12.1 Å². The molecule has 126 valence electrons. The molecule has 1 aromatic carbocycles. The quantitative estimate of drug-likeness (QED) is 0.779. The van der Waals surface area contributed by atoms with Crippen molar-refractivity contribution in [2.24, 2.45) is 0 Å². The lowest BCUT2D eigenvalue weighted by Gasteiger charge is -2.20. The highest BCUT2D eigenvalue weighted by molar-refractivity contribution is 5.86. The second-order valence-corrected chi connectivity index (χ2v) is 6.06. The highest BCUT2D eigenvalue weighted by Crippen LogP contribution is 2.32. The lowest BCUT2D eigenvalue weighted by Crippen LogP contribution is -2.50. The number of rotatable bonds is 5. The summed E-state index contributed by atoms with van der Waals surface area (Å²) in [6.45, 7) is 5.53. The molecule has 6 heteroatoms. The number of carbonyl (C=O) groups excluding carboxylic acids is 2. The second kappa shape index (κ2) is 7.44. The van der Waals surface area contributed by atoms with Crippen LogP contribution in [0.25, 0.3) is 0 Å². The van der Waals surface area contributed by atoms with Gasteiger partial charge in [0.05, 0.1) is 6.04 Å². The van der Waals surface area contributed by atoms with Gasteiger partial charge in [0, 0.05) is 6.04 Å². The van der Waals surface area contributed by atoms with Gasteiger partial charge in [0.15, 0.2) is 0 Å². The third-order valence-electron chi connectivity index (χ3n) is 4.26. The van der Waals surface area contributed by atoms with Gasteiger partial charge >= 0.3 is 6.03 Å². The minimum atomic E-state index is -0.627. The van der Waals surface area contributed by atoms with E-state index >= 15 is 0 Å². The lowest BCUT2D eigenvalue weighted by molar-refractivity contribution is -0.123. The molecular weight excluding hydrogens is 297 g/mol. The van der Waals surface area contributed by atoms with Gasteiger partial charge in [0.2, 0.25) is 5.91 Å². The van der Waals surface area contributed by atoms with Gasteiger partial charge in [-0.15, -0.1) is 0 Å². The predicted octanol–water partition coefficient (Wildman–Crippen LogP) is 2.42. The van der Waals surface area contributed by atoms with Gasteiger partial charge in [-0.25, -0.2) is 9.18 Å². The lowest BCUT2D eigenvalue weighted by atomic mass is 10.1. The van der Waals surface area contributed by atoms with Crippen LogP contribution in [-0.2, 0) is 11.2 Å². The Morgan fingerprint density at radius 2 is 2.04 bits per heavy atom. The van der Waals surface area contributed by atoms with Crippen LogP contribution < -0.4 is 16.0 Å². The van der Waals surface area contributed by atoms with Gasteiger partial charge in [0.1, 0.15) is 11.9 Å². The molecule has 23 heavy (non-hydrogen) atoms. The van der Waals surface area contributed by atoms with Crippen molar-refractivity contribution in [3.63, 3.8) is 0 Å². The predicted molar refractivity (Wildman–Crippen MR) is 86.5 cm³/mol. The second-order valence-electron chi connectivity index (χ2n) is 6.06. The number of urea groups is 1. The molecule has 2 rings (SSSR count). The van der Waals surface area contributed by atoms with Crippen LogP contribution in [-0.4, -0.2) is 24.0 Å². The fourth-order valence-corrected chi connectivity index (χ4v) is 2.69. The number of fused-ring (bicyclic) bond motifs is 1. The number of carbonyl (C=O) groups is 2. The van der Waals surface area contributed by atoms with Crippen molar-refractivity contribution in [3.05, 3.63) is 35.1 Å². The summed E-state index contributed by atoms with van der Waals surface area (Å²) in [5.41, 5.74) is 1.48. The maximum atomic E-state index is 13.7. The maximum absolute atomic E-state index is 13.7. The summed E-state index contributed by atoms with van der Waals surface area (Å²) in [7, 11) is 0. The summed E-state index contributed by atoms with van der Waals surface area (Å²) >= 11 is 0. The number of nitrogens with one attached hydrogen (secondary N) is 3. The molecule has 0 bridgehead atoms. The molecule has 0 fully saturated rings. The molecule has 0 saturated carbocycles. The summed E-state index contributed by atoms with van der Waals surface area (Å²) < 4.78 is 13.7. The van der Waals surface area contributed by atoms with E-state index in [-0.39, 0.29) is 23.8 Å². The van der Waals surface area contributed by atoms with Gasteiger partial charge in [-0.05, 0) is 50.3 Å². The van der Waals surface area contributed by atoms with Crippen molar-refractivity contribution >= 4 is 11.9 Å². The Hall–Kier alpha value is -2.11. The normalized spacial score (nSPS) is 18.7. The van der Waals surface area contributed by atoms with Crippen molar-refractivity contribution in [1.29, 1.82) is 0 Å². The first-order valence-corrected chi connectivity index (χ1v) is 8.07. The minimum absolute atomic E-state index is 0.0690. The molecule has 0 saturated heterocycles. The van der Waals surface area contributed by atoms with Crippen LogP contribution in [0.2, 0.25) is 0 Å². The van der Waals surface area contributed by atoms with Gasteiger partial charge in [-0.1, -0.05) is 19.1 Å². The standard InChI is InChI=1S/C17H24FN3O2/c1-4-10(2)19-16(22)11(3)20-17(23)21-15-9-8-12-13(15)6-5-7-14(12)18/h5-7,10-11,15H,4,8-9H2,1-3H3,(H,19,22)(H2,20,21,23)/t10-,11-,15-/m0/s1. The van der Waals surface area contributed by atoms with E-state index in [1.165, 1.54) is 6.07 Å². The number of hydrogen-bond donors (Lipinski definition) is 3. The fraction of sp³-hybridized carbons (Fsp3) is 0.529. The third-order valence-corrected chi connectivity index (χ3v) is 4.26. The van der Waals surface area contributed by atoms with Crippen molar-refractivity contribution in [3.8, 4) is 0 Å². The monoisotopic (exact) mass is 321 g/mol.